The number of para-hydroxylation sites is 1. The molecule has 0 unspecified atom stereocenters. The van der Waals surface area contributed by atoms with Crippen LogP contribution in [0.25, 0.3) is 11.5 Å². The number of ether oxygens (including phenoxy) is 1. The van der Waals surface area contributed by atoms with E-state index in [1.807, 2.05) is 13.8 Å². The van der Waals surface area contributed by atoms with Gasteiger partial charge in [-0.2, -0.15) is 18.2 Å². The van der Waals surface area contributed by atoms with E-state index >= 15 is 0 Å². The Morgan fingerprint density at radius 2 is 1.93 bits per heavy atom. The van der Waals surface area contributed by atoms with Crippen molar-refractivity contribution in [1.29, 1.82) is 0 Å². The fourth-order valence-electron chi connectivity index (χ4n) is 2.48. The predicted octanol–water partition coefficient (Wildman–Crippen LogP) is 4.90. The third kappa shape index (κ3) is 5.13. The summed E-state index contributed by atoms with van der Waals surface area (Å²) in [6.07, 6.45) is -4.57. The second kappa shape index (κ2) is 8.34. The summed E-state index contributed by atoms with van der Waals surface area (Å²) in [6.45, 7) is 3.41. The van der Waals surface area contributed by atoms with Crippen LogP contribution in [0.2, 0.25) is 0 Å². The second-order valence-electron chi connectivity index (χ2n) is 6.52. The quantitative estimate of drug-likeness (QED) is 0.631. The van der Waals surface area contributed by atoms with Gasteiger partial charge in [0.05, 0.1) is 11.3 Å². The number of anilines is 1. The van der Waals surface area contributed by atoms with Crippen LogP contribution in [-0.4, -0.2) is 22.7 Å². The van der Waals surface area contributed by atoms with Crippen LogP contribution in [0.5, 0.6) is 5.75 Å². The molecule has 0 aliphatic heterocycles. The number of alkyl halides is 3. The molecule has 0 aliphatic carbocycles. The molecule has 1 amide bonds. The van der Waals surface area contributed by atoms with Crippen LogP contribution in [0.15, 0.2) is 53.1 Å². The zero-order valence-corrected chi connectivity index (χ0v) is 15.7. The predicted molar refractivity (Wildman–Crippen MR) is 99.4 cm³/mol. The van der Waals surface area contributed by atoms with Gasteiger partial charge in [-0.15, -0.1) is 0 Å². The average Bonchev–Trinajstić information content (AvgIpc) is 3.17. The first-order valence-corrected chi connectivity index (χ1v) is 8.77. The maximum Gasteiger partial charge on any atom is 0.418 e. The molecule has 152 valence electrons. The topological polar surface area (TPSA) is 77.2 Å². The summed E-state index contributed by atoms with van der Waals surface area (Å²) in [6, 6.07) is 11.4. The first-order valence-electron chi connectivity index (χ1n) is 8.77. The monoisotopic (exact) mass is 405 g/mol. The molecule has 3 aromatic rings. The highest BCUT2D eigenvalue weighted by Crippen LogP contribution is 2.34. The molecule has 29 heavy (non-hydrogen) atoms. The molecule has 6 nitrogen and oxygen atoms in total. The molecule has 1 aromatic heterocycles. The molecule has 0 aliphatic rings. The number of carbonyl (C=O) groups excluding carboxylic acids is 1. The molecule has 1 N–H and O–H groups in total. The normalized spacial score (nSPS) is 11.5. The van der Waals surface area contributed by atoms with Gasteiger partial charge in [-0.05, 0) is 30.3 Å². The van der Waals surface area contributed by atoms with E-state index in [4.69, 9.17) is 9.26 Å². The van der Waals surface area contributed by atoms with Crippen LogP contribution < -0.4 is 10.1 Å². The number of benzene rings is 2. The van der Waals surface area contributed by atoms with Crippen LogP contribution in [0.4, 0.5) is 18.9 Å². The number of hydrogen-bond acceptors (Lipinski definition) is 5. The highest BCUT2D eigenvalue weighted by molar-refractivity contribution is 5.92. The number of hydrogen-bond donors (Lipinski definition) is 1. The van der Waals surface area contributed by atoms with Gasteiger partial charge < -0.3 is 14.6 Å². The summed E-state index contributed by atoms with van der Waals surface area (Å²) in [5.74, 6) is 0.602. The molecule has 0 radical (unpaired) electrons. The van der Waals surface area contributed by atoms with E-state index in [9.17, 15) is 18.0 Å². The lowest BCUT2D eigenvalue weighted by Crippen LogP contribution is -2.22. The Morgan fingerprint density at radius 1 is 1.17 bits per heavy atom. The third-order valence-corrected chi connectivity index (χ3v) is 3.92. The van der Waals surface area contributed by atoms with E-state index < -0.39 is 24.3 Å². The molecule has 0 saturated carbocycles. The molecule has 0 saturated heterocycles. The van der Waals surface area contributed by atoms with Gasteiger partial charge in [0.25, 0.3) is 11.8 Å². The third-order valence-electron chi connectivity index (χ3n) is 3.92. The Bertz CT molecular complexity index is 1000. The number of amides is 1. The minimum Gasteiger partial charge on any atom is -0.484 e. The van der Waals surface area contributed by atoms with Gasteiger partial charge >= 0.3 is 6.18 Å². The van der Waals surface area contributed by atoms with E-state index in [2.05, 4.69) is 15.5 Å². The Hall–Kier alpha value is -3.36. The maximum atomic E-state index is 13.0. The summed E-state index contributed by atoms with van der Waals surface area (Å²) in [5, 5.41) is 6.11. The highest BCUT2D eigenvalue weighted by atomic mass is 19.4. The van der Waals surface area contributed by atoms with Gasteiger partial charge in [0, 0.05) is 11.5 Å². The van der Waals surface area contributed by atoms with E-state index in [0.29, 0.717) is 23.0 Å². The van der Waals surface area contributed by atoms with Crippen LogP contribution in [0, 0.1) is 0 Å². The van der Waals surface area contributed by atoms with Crippen molar-refractivity contribution in [2.75, 3.05) is 11.9 Å². The molecule has 0 atom stereocenters. The second-order valence-corrected chi connectivity index (χ2v) is 6.52. The lowest BCUT2D eigenvalue weighted by atomic mass is 10.1. The van der Waals surface area contributed by atoms with Crippen molar-refractivity contribution in [3.63, 3.8) is 0 Å². The molecule has 9 heteroatoms. The molecule has 3 rings (SSSR count). The summed E-state index contributed by atoms with van der Waals surface area (Å²) < 4.78 is 49.6. The Balaban J connectivity index is 1.65. The van der Waals surface area contributed by atoms with Gasteiger partial charge in [-0.25, -0.2) is 0 Å². The van der Waals surface area contributed by atoms with Crippen molar-refractivity contribution >= 4 is 11.6 Å². The van der Waals surface area contributed by atoms with E-state index in [1.54, 1.807) is 24.3 Å². The number of carbonyl (C=O) groups is 1. The molecular formula is C20H18F3N3O3. The van der Waals surface area contributed by atoms with Crippen molar-refractivity contribution in [2.45, 2.75) is 25.9 Å². The van der Waals surface area contributed by atoms with Gasteiger partial charge in [0.15, 0.2) is 12.4 Å². The number of nitrogens with zero attached hydrogens (tertiary/aromatic N) is 2. The zero-order chi connectivity index (χ0) is 21.0. The Morgan fingerprint density at radius 3 is 2.62 bits per heavy atom. The van der Waals surface area contributed by atoms with Crippen LogP contribution in [-0.2, 0) is 11.0 Å². The summed E-state index contributed by atoms with van der Waals surface area (Å²) in [7, 11) is 0. The maximum absolute atomic E-state index is 13.0. The Labute approximate surface area is 164 Å². The van der Waals surface area contributed by atoms with Gasteiger partial charge in [-0.1, -0.05) is 37.2 Å². The molecule has 1 heterocycles. The summed E-state index contributed by atoms with van der Waals surface area (Å²) >= 11 is 0. The minimum absolute atomic E-state index is 0.107. The van der Waals surface area contributed by atoms with Crippen molar-refractivity contribution in [2.24, 2.45) is 0 Å². The lowest BCUT2D eigenvalue weighted by Gasteiger charge is -2.13. The fourth-order valence-corrected chi connectivity index (χ4v) is 2.48. The lowest BCUT2D eigenvalue weighted by molar-refractivity contribution is -0.137. The standard InChI is InChI=1S/C20H18F3N3O3/c1-12(2)18-25-19(29-26-18)13-6-5-7-14(10-13)28-11-17(27)24-16-9-4-3-8-15(16)20(21,22)23/h3-10,12H,11H2,1-2H3,(H,24,27). The fraction of sp³-hybridized carbons (Fsp3) is 0.250. The molecule has 0 spiro atoms. The van der Waals surface area contributed by atoms with Gasteiger partial charge in [0.1, 0.15) is 5.75 Å². The minimum atomic E-state index is -4.57. The number of halogens is 3. The van der Waals surface area contributed by atoms with Crippen LogP contribution in [0.1, 0.15) is 31.2 Å². The largest absolute Gasteiger partial charge is 0.484 e. The zero-order valence-electron chi connectivity index (χ0n) is 15.7. The SMILES string of the molecule is CC(C)c1noc(-c2cccc(OCC(=O)Nc3ccccc3C(F)(F)F)c2)n1. The van der Waals surface area contributed by atoms with Gasteiger partial charge in [-0.3, -0.25) is 4.79 Å². The number of aromatic nitrogens is 2. The van der Waals surface area contributed by atoms with Crippen molar-refractivity contribution < 1.29 is 27.2 Å². The van der Waals surface area contributed by atoms with E-state index in [0.717, 1.165) is 6.07 Å². The number of rotatable bonds is 6. The average molecular weight is 405 g/mol. The smallest absolute Gasteiger partial charge is 0.418 e. The highest BCUT2D eigenvalue weighted by Gasteiger charge is 2.33. The van der Waals surface area contributed by atoms with Crippen LogP contribution in [0.3, 0.4) is 0 Å². The molecule has 2 aromatic carbocycles. The van der Waals surface area contributed by atoms with Crippen LogP contribution >= 0.6 is 0 Å². The first kappa shape index (κ1) is 20.4. The van der Waals surface area contributed by atoms with Crippen molar-refractivity contribution in [1.82, 2.24) is 10.1 Å². The van der Waals surface area contributed by atoms with E-state index in [-0.39, 0.29) is 11.6 Å². The molecule has 0 fully saturated rings. The van der Waals surface area contributed by atoms with Crippen molar-refractivity contribution in [3.05, 3.63) is 59.9 Å². The first-order chi connectivity index (χ1) is 13.7. The Kier molecular flexibility index (Phi) is 5.86. The molecule has 0 bridgehead atoms. The van der Waals surface area contributed by atoms with E-state index in [1.165, 1.54) is 18.2 Å². The van der Waals surface area contributed by atoms with Crippen molar-refractivity contribution in [3.8, 4) is 17.2 Å². The molecular weight excluding hydrogens is 387 g/mol. The number of nitrogens with one attached hydrogen (secondary N) is 1. The summed E-state index contributed by atoms with van der Waals surface area (Å²) in [5.41, 5.74) is -0.646. The van der Waals surface area contributed by atoms with Gasteiger partial charge in [0.2, 0.25) is 0 Å². The summed E-state index contributed by atoms with van der Waals surface area (Å²) in [4.78, 5) is 16.3.